The molecule has 2 atom stereocenters. The Bertz CT molecular complexity index is 296. The van der Waals surface area contributed by atoms with Gasteiger partial charge >= 0.3 is 12.1 Å². The van der Waals surface area contributed by atoms with Crippen LogP contribution in [0.4, 0.5) is 13.2 Å². The maximum absolute atomic E-state index is 12.8. The first-order chi connectivity index (χ1) is 10.3. The Morgan fingerprint density at radius 1 is 1.00 bits per heavy atom. The number of halogens is 3. The molecule has 0 amide bonds. The summed E-state index contributed by atoms with van der Waals surface area (Å²) in [5.74, 6) is -2.11. The molecule has 0 saturated heterocycles. The van der Waals surface area contributed by atoms with Crippen LogP contribution >= 0.6 is 0 Å². The molecule has 0 aliphatic heterocycles. The van der Waals surface area contributed by atoms with E-state index in [9.17, 15) is 18.0 Å². The fraction of sp³-hybridized carbons (Fsp3) is 0.938. The highest BCUT2D eigenvalue weighted by Gasteiger charge is 2.45. The van der Waals surface area contributed by atoms with Gasteiger partial charge in [-0.3, -0.25) is 4.79 Å². The number of carbonyl (C=O) groups is 1. The Labute approximate surface area is 131 Å². The molecule has 0 aromatic heterocycles. The molecule has 0 heterocycles. The normalized spacial score (nSPS) is 14.6. The van der Waals surface area contributed by atoms with Crippen molar-refractivity contribution in [3.63, 3.8) is 0 Å². The number of alkyl halides is 3. The molecule has 0 aliphatic rings. The second-order valence-corrected chi connectivity index (χ2v) is 5.75. The van der Waals surface area contributed by atoms with Crippen molar-refractivity contribution in [1.29, 1.82) is 0 Å². The van der Waals surface area contributed by atoms with Crippen LogP contribution in [0.3, 0.4) is 0 Å². The minimum atomic E-state index is -4.57. The highest BCUT2D eigenvalue weighted by Crippen LogP contribution is 2.28. The smallest absolute Gasteiger partial charge is 0.404 e. The Kier molecular flexibility index (Phi) is 11.3. The Morgan fingerprint density at radius 3 is 2.05 bits per heavy atom. The molecule has 3 nitrogen and oxygen atoms in total. The monoisotopic (exact) mass is 325 g/mol. The molecular weight excluding hydrogens is 295 g/mol. The van der Waals surface area contributed by atoms with Gasteiger partial charge < -0.3 is 10.5 Å². The van der Waals surface area contributed by atoms with Crippen molar-refractivity contribution >= 4 is 5.97 Å². The molecule has 0 fully saturated rings. The van der Waals surface area contributed by atoms with E-state index < -0.39 is 24.1 Å². The summed E-state index contributed by atoms with van der Waals surface area (Å²) in [6.45, 7) is 4.06. The minimum absolute atomic E-state index is 0.136. The van der Waals surface area contributed by atoms with E-state index in [0.29, 0.717) is 12.8 Å². The van der Waals surface area contributed by atoms with Crippen molar-refractivity contribution in [3.8, 4) is 0 Å². The van der Waals surface area contributed by atoms with Gasteiger partial charge in [0, 0.05) is 0 Å². The number of rotatable bonds is 12. The number of carbonyl (C=O) groups excluding carboxylic acids is 1. The highest BCUT2D eigenvalue weighted by atomic mass is 19.4. The van der Waals surface area contributed by atoms with Gasteiger partial charge in [0.1, 0.15) is 6.04 Å². The van der Waals surface area contributed by atoms with Gasteiger partial charge in [-0.1, -0.05) is 58.8 Å². The highest BCUT2D eigenvalue weighted by molar-refractivity contribution is 5.73. The van der Waals surface area contributed by atoms with Crippen LogP contribution in [0.25, 0.3) is 0 Å². The van der Waals surface area contributed by atoms with E-state index in [0.717, 1.165) is 32.1 Å². The lowest BCUT2D eigenvalue weighted by molar-refractivity contribution is -0.177. The number of nitrogens with two attached hydrogens (primary N) is 1. The van der Waals surface area contributed by atoms with Gasteiger partial charge in [0.15, 0.2) is 0 Å². The maximum atomic E-state index is 12.8. The van der Waals surface area contributed by atoms with E-state index in [1.165, 1.54) is 6.42 Å². The summed E-state index contributed by atoms with van der Waals surface area (Å²) in [5, 5.41) is 0. The number of unbranched alkanes of at least 4 members (excludes halogenated alkanes) is 6. The van der Waals surface area contributed by atoms with Crippen molar-refractivity contribution in [3.05, 3.63) is 0 Å². The summed E-state index contributed by atoms with van der Waals surface area (Å²) in [6, 6.07) is -2.14. The molecule has 6 heteroatoms. The number of hydrogen-bond acceptors (Lipinski definition) is 3. The lowest BCUT2D eigenvalue weighted by Gasteiger charge is -2.24. The van der Waals surface area contributed by atoms with Crippen molar-refractivity contribution in [2.24, 2.45) is 11.7 Å². The minimum Gasteiger partial charge on any atom is -0.465 e. The summed E-state index contributed by atoms with van der Waals surface area (Å²) >= 11 is 0. The number of esters is 1. The van der Waals surface area contributed by atoms with Crippen LogP contribution in [0.2, 0.25) is 0 Å². The third-order valence-corrected chi connectivity index (χ3v) is 3.68. The van der Waals surface area contributed by atoms with Crippen LogP contribution in [0.1, 0.15) is 71.6 Å². The van der Waals surface area contributed by atoms with Gasteiger partial charge in [-0.15, -0.1) is 0 Å². The van der Waals surface area contributed by atoms with Crippen molar-refractivity contribution < 1.29 is 22.7 Å². The van der Waals surface area contributed by atoms with E-state index in [4.69, 9.17) is 10.5 Å². The molecule has 2 N–H and O–H groups in total. The predicted octanol–water partition coefficient (Wildman–Crippen LogP) is 4.59. The average Bonchev–Trinajstić information content (AvgIpc) is 2.46. The molecule has 0 rings (SSSR count). The Balaban J connectivity index is 4.27. The molecule has 0 saturated carbocycles. The van der Waals surface area contributed by atoms with Crippen molar-refractivity contribution in [2.45, 2.75) is 83.9 Å². The van der Waals surface area contributed by atoms with E-state index in [-0.39, 0.29) is 13.0 Å². The molecule has 0 aliphatic carbocycles. The molecular formula is C16H30F3NO2. The molecule has 0 aromatic carbocycles. The van der Waals surface area contributed by atoms with Crippen LogP contribution in [0.5, 0.6) is 0 Å². The molecule has 0 bridgehead atoms. The summed E-state index contributed by atoms with van der Waals surface area (Å²) < 4.78 is 43.2. The quantitative estimate of drug-likeness (QED) is 0.422. The Hall–Kier alpha value is -0.780. The molecule has 0 aromatic rings. The third-order valence-electron chi connectivity index (χ3n) is 3.68. The topological polar surface area (TPSA) is 52.3 Å². The van der Waals surface area contributed by atoms with E-state index in [1.807, 2.05) is 0 Å². The van der Waals surface area contributed by atoms with Crippen LogP contribution in [-0.4, -0.2) is 24.8 Å². The summed E-state index contributed by atoms with van der Waals surface area (Å²) in [7, 11) is 0. The van der Waals surface area contributed by atoms with E-state index in [2.05, 4.69) is 6.92 Å². The second kappa shape index (κ2) is 11.7. The van der Waals surface area contributed by atoms with Crippen molar-refractivity contribution in [1.82, 2.24) is 0 Å². The molecule has 132 valence electrons. The summed E-state index contributed by atoms with van der Waals surface area (Å²) in [4.78, 5) is 11.8. The lowest BCUT2D eigenvalue weighted by Crippen LogP contribution is -2.47. The summed E-state index contributed by atoms with van der Waals surface area (Å²) in [5.41, 5.74) is 5.22. The zero-order valence-electron chi connectivity index (χ0n) is 13.8. The third kappa shape index (κ3) is 9.28. The molecule has 22 heavy (non-hydrogen) atoms. The van der Waals surface area contributed by atoms with Crippen LogP contribution in [0, 0.1) is 5.92 Å². The van der Waals surface area contributed by atoms with Gasteiger partial charge in [0.05, 0.1) is 12.5 Å². The van der Waals surface area contributed by atoms with Crippen molar-refractivity contribution in [2.75, 3.05) is 6.61 Å². The maximum Gasteiger partial charge on any atom is 0.404 e. The van der Waals surface area contributed by atoms with Crippen LogP contribution in [0.15, 0.2) is 0 Å². The van der Waals surface area contributed by atoms with Gasteiger partial charge in [0.25, 0.3) is 0 Å². The first-order valence-corrected chi connectivity index (χ1v) is 8.33. The number of hydrogen-bond donors (Lipinski definition) is 1. The van der Waals surface area contributed by atoms with E-state index >= 15 is 0 Å². The summed E-state index contributed by atoms with van der Waals surface area (Å²) in [6.07, 6.45) is 3.11. The predicted molar refractivity (Wildman–Crippen MR) is 81.4 cm³/mol. The average molecular weight is 325 g/mol. The fourth-order valence-electron chi connectivity index (χ4n) is 2.30. The zero-order valence-corrected chi connectivity index (χ0v) is 13.8. The van der Waals surface area contributed by atoms with Gasteiger partial charge in [-0.05, 0) is 12.8 Å². The van der Waals surface area contributed by atoms with Gasteiger partial charge in [-0.2, -0.15) is 13.2 Å². The van der Waals surface area contributed by atoms with Gasteiger partial charge in [0.2, 0.25) is 0 Å². The zero-order chi connectivity index (χ0) is 17.0. The standard InChI is InChI=1S/C16H30F3NO2/c1-3-5-6-7-8-9-10-11-13(14(20)16(17,18)19)15(21)22-12-4-2/h13-14H,3-12,20H2,1-2H3/t13-,14-/m1/s1. The largest absolute Gasteiger partial charge is 0.465 e. The van der Waals surface area contributed by atoms with Crippen LogP contribution in [-0.2, 0) is 9.53 Å². The van der Waals surface area contributed by atoms with Gasteiger partial charge in [-0.25, -0.2) is 0 Å². The number of ether oxygens (including phenoxy) is 1. The van der Waals surface area contributed by atoms with Crippen LogP contribution < -0.4 is 5.73 Å². The molecule has 0 spiro atoms. The first-order valence-electron chi connectivity index (χ1n) is 8.33. The first kappa shape index (κ1) is 21.2. The molecule has 0 unspecified atom stereocenters. The Morgan fingerprint density at radius 2 is 1.55 bits per heavy atom. The molecule has 0 radical (unpaired) electrons. The fourth-order valence-corrected chi connectivity index (χ4v) is 2.30. The lowest BCUT2D eigenvalue weighted by atomic mass is 9.93. The van der Waals surface area contributed by atoms with E-state index in [1.54, 1.807) is 6.92 Å². The second-order valence-electron chi connectivity index (χ2n) is 5.75. The SMILES string of the molecule is CCCCCCCCC[C@@H](C(=O)OCCC)[C@@H](N)C(F)(F)F.